The van der Waals surface area contributed by atoms with E-state index in [-0.39, 0.29) is 5.91 Å². The molecule has 1 amide bonds. The minimum Gasteiger partial charge on any atom is -0.451 e. The van der Waals surface area contributed by atoms with Gasteiger partial charge in [-0.1, -0.05) is 18.2 Å². The molecule has 2 aliphatic rings. The highest BCUT2D eigenvalue weighted by molar-refractivity contribution is 5.99. The molecule has 0 unspecified atom stereocenters. The molecule has 134 valence electrons. The van der Waals surface area contributed by atoms with Gasteiger partial charge in [0.25, 0.3) is 5.91 Å². The van der Waals surface area contributed by atoms with E-state index in [2.05, 4.69) is 4.90 Å². The van der Waals surface area contributed by atoms with Crippen molar-refractivity contribution in [3.8, 4) is 0 Å². The van der Waals surface area contributed by atoms with Crippen LogP contribution < -0.4 is 0 Å². The van der Waals surface area contributed by atoms with Crippen molar-refractivity contribution >= 4 is 16.9 Å². The molecule has 1 aromatic carbocycles. The van der Waals surface area contributed by atoms with Gasteiger partial charge in [-0.2, -0.15) is 0 Å². The number of morpholine rings is 1. The van der Waals surface area contributed by atoms with Crippen LogP contribution in [-0.2, 0) is 4.74 Å². The minimum absolute atomic E-state index is 0.133. The van der Waals surface area contributed by atoms with Crippen molar-refractivity contribution in [1.29, 1.82) is 0 Å². The Morgan fingerprint density at radius 2 is 2.00 bits per heavy atom. The lowest BCUT2D eigenvalue weighted by atomic mass is 10.0. The quantitative estimate of drug-likeness (QED) is 0.917. The van der Waals surface area contributed by atoms with Crippen molar-refractivity contribution in [3.63, 3.8) is 0 Å². The molecular formula is C19H24N2O4. The number of hydrogen-bond acceptors (Lipinski definition) is 5. The van der Waals surface area contributed by atoms with Crippen LogP contribution >= 0.6 is 0 Å². The van der Waals surface area contributed by atoms with Crippen LogP contribution in [0, 0.1) is 6.92 Å². The van der Waals surface area contributed by atoms with Crippen molar-refractivity contribution in [2.75, 3.05) is 45.9 Å². The average Bonchev–Trinajstić information content (AvgIpc) is 3.17. The highest BCUT2D eigenvalue weighted by atomic mass is 16.5. The molecule has 2 aromatic rings. The van der Waals surface area contributed by atoms with E-state index in [1.165, 1.54) is 0 Å². The Morgan fingerprint density at radius 3 is 2.76 bits per heavy atom. The zero-order valence-electron chi connectivity index (χ0n) is 14.5. The summed E-state index contributed by atoms with van der Waals surface area (Å²) in [6.45, 7) is 6.47. The number of fused-ring (bicyclic) bond motifs is 1. The van der Waals surface area contributed by atoms with Crippen molar-refractivity contribution in [2.24, 2.45) is 0 Å². The lowest BCUT2D eigenvalue weighted by Crippen LogP contribution is -2.49. The molecule has 4 rings (SSSR count). The molecule has 1 atom stereocenters. The first-order chi connectivity index (χ1) is 12.1. The first-order valence-corrected chi connectivity index (χ1v) is 8.86. The van der Waals surface area contributed by atoms with E-state index >= 15 is 0 Å². The highest BCUT2D eigenvalue weighted by Crippen LogP contribution is 2.29. The predicted molar refractivity (Wildman–Crippen MR) is 93.7 cm³/mol. The summed E-state index contributed by atoms with van der Waals surface area (Å²) in [6, 6.07) is 7.67. The zero-order chi connectivity index (χ0) is 17.4. The molecule has 6 heteroatoms. The zero-order valence-corrected chi connectivity index (χ0v) is 14.5. The van der Waals surface area contributed by atoms with Crippen molar-refractivity contribution < 1.29 is 19.1 Å². The van der Waals surface area contributed by atoms with Gasteiger partial charge in [0, 0.05) is 37.1 Å². The molecule has 0 aliphatic carbocycles. The first-order valence-electron chi connectivity index (χ1n) is 8.86. The number of aryl methyl sites for hydroxylation is 1. The summed E-state index contributed by atoms with van der Waals surface area (Å²) in [6.07, 6.45) is 0.593. The number of furan rings is 1. The molecule has 0 spiro atoms. The monoisotopic (exact) mass is 344 g/mol. The Balaban J connectivity index is 1.48. The predicted octanol–water partition coefficient (Wildman–Crippen LogP) is 1.65. The molecule has 2 fully saturated rings. The number of carbonyl (C=O) groups is 1. The van der Waals surface area contributed by atoms with Crippen LogP contribution in [0.15, 0.2) is 28.7 Å². The van der Waals surface area contributed by atoms with Crippen LogP contribution in [0.4, 0.5) is 0 Å². The standard InChI is InChI=1S/C19H24N2O4/c1-14-15-4-2-3-5-16(15)25-17(14)18(22)21-7-6-19(23,13-21)12-20-8-10-24-11-9-20/h2-5,23H,6-13H2,1H3/t19-/m1/s1. The second kappa shape index (κ2) is 6.44. The number of rotatable bonds is 3. The maximum absolute atomic E-state index is 12.9. The van der Waals surface area contributed by atoms with Crippen molar-refractivity contribution in [3.05, 3.63) is 35.6 Å². The van der Waals surface area contributed by atoms with Crippen LogP contribution in [0.2, 0.25) is 0 Å². The number of likely N-dealkylation sites (tertiary alicyclic amines) is 1. The lowest BCUT2D eigenvalue weighted by molar-refractivity contribution is -0.0258. The summed E-state index contributed by atoms with van der Waals surface area (Å²) in [4.78, 5) is 16.8. The van der Waals surface area contributed by atoms with Crippen molar-refractivity contribution in [1.82, 2.24) is 9.80 Å². The number of amides is 1. The highest BCUT2D eigenvalue weighted by Gasteiger charge is 2.41. The van der Waals surface area contributed by atoms with Gasteiger partial charge in [0.1, 0.15) is 5.58 Å². The maximum atomic E-state index is 12.9. The molecule has 0 radical (unpaired) electrons. The van der Waals surface area contributed by atoms with E-state index in [1.807, 2.05) is 31.2 Å². The Labute approximate surface area is 146 Å². The van der Waals surface area contributed by atoms with E-state index < -0.39 is 5.60 Å². The van der Waals surface area contributed by atoms with Gasteiger partial charge in [0.05, 0.1) is 25.4 Å². The fourth-order valence-electron chi connectivity index (χ4n) is 3.86. The Morgan fingerprint density at radius 1 is 1.24 bits per heavy atom. The fourth-order valence-corrected chi connectivity index (χ4v) is 3.86. The summed E-state index contributed by atoms with van der Waals surface area (Å²) in [5.41, 5.74) is 0.739. The van der Waals surface area contributed by atoms with Gasteiger partial charge in [-0.3, -0.25) is 9.69 Å². The van der Waals surface area contributed by atoms with E-state index in [9.17, 15) is 9.90 Å². The molecule has 1 aromatic heterocycles. The molecule has 6 nitrogen and oxygen atoms in total. The van der Waals surface area contributed by atoms with Crippen LogP contribution in [-0.4, -0.2) is 72.4 Å². The third-order valence-corrected chi connectivity index (χ3v) is 5.28. The second-order valence-corrected chi connectivity index (χ2v) is 7.14. The molecule has 25 heavy (non-hydrogen) atoms. The first kappa shape index (κ1) is 16.6. The van der Waals surface area contributed by atoms with Gasteiger partial charge in [-0.05, 0) is 19.4 Å². The number of aliphatic hydroxyl groups is 1. The average molecular weight is 344 g/mol. The van der Waals surface area contributed by atoms with Crippen LogP contribution in [0.5, 0.6) is 0 Å². The molecule has 2 saturated heterocycles. The van der Waals surface area contributed by atoms with Gasteiger partial charge < -0.3 is 19.2 Å². The van der Waals surface area contributed by atoms with Crippen molar-refractivity contribution in [2.45, 2.75) is 18.9 Å². The summed E-state index contributed by atoms with van der Waals surface area (Å²) >= 11 is 0. The molecule has 2 aliphatic heterocycles. The number of nitrogens with zero attached hydrogens (tertiary/aromatic N) is 2. The number of ether oxygens (including phenoxy) is 1. The Kier molecular flexibility index (Phi) is 4.27. The van der Waals surface area contributed by atoms with Gasteiger partial charge in [-0.15, -0.1) is 0 Å². The van der Waals surface area contributed by atoms with Gasteiger partial charge in [0.2, 0.25) is 0 Å². The van der Waals surface area contributed by atoms with Crippen LogP contribution in [0.1, 0.15) is 22.5 Å². The number of β-amino-alcohol motifs (C(OH)–C–C–N with tert-alkyl or cyclic N) is 1. The molecule has 0 bridgehead atoms. The summed E-state index contributed by atoms with van der Waals surface area (Å²) < 4.78 is 11.1. The Hall–Kier alpha value is -1.89. The van der Waals surface area contributed by atoms with E-state index in [0.717, 1.165) is 29.6 Å². The topological polar surface area (TPSA) is 66.2 Å². The molecule has 1 N–H and O–H groups in total. The summed E-state index contributed by atoms with van der Waals surface area (Å²) in [5.74, 6) is 0.253. The normalized spacial score (nSPS) is 25.0. The molecule has 3 heterocycles. The summed E-state index contributed by atoms with van der Waals surface area (Å²) in [5, 5.41) is 11.9. The largest absolute Gasteiger partial charge is 0.451 e. The number of hydrogen-bond donors (Lipinski definition) is 1. The minimum atomic E-state index is -0.854. The molecule has 0 saturated carbocycles. The van der Waals surface area contributed by atoms with E-state index in [0.29, 0.717) is 45.0 Å². The second-order valence-electron chi connectivity index (χ2n) is 7.14. The van der Waals surface area contributed by atoms with Gasteiger partial charge in [0.15, 0.2) is 5.76 Å². The lowest BCUT2D eigenvalue weighted by Gasteiger charge is -2.33. The number of para-hydroxylation sites is 1. The van der Waals surface area contributed by atoms with E-state index in [1.54, 1.807) is 4.90 Å². The maximum Gasteiger partial charge on any atom is 0.289 e. The fraction of sp³-hybridized carbons (Fsp3) is 0.526. The number of carbonyl (C=O) groups excluding carboxylic acids is 1. The van der Waals surface area contributed by atoms with Gasteiger partial charge in [-0.25, -0.2) is 0 Å². The smallest absolute Gasteiger partial charge is 0.289 e. The Bertz CT molecular complexity index is 781. The third kappa shape index (κ3) is 3.17. The molecular weight excluding hydrogens is 320 g/mol. The van der Waals surface area contributed by atoms with E-state index in [4.69, 9.17) is 9.15 Å². The SMILES string of the molecule is Cc1c(C(=O)N2CC[C@@](O)(CN3CCOCC3)C2)oc2ccccc12. The van der Waals surface area contributed by atoms with Crippen LogP contribution in [0.3, 0.4) is 0 Å². The number of benzene rings is 1. The van der Waals surface area contributed by atoms with Gasteiger partial charge >= 0.3 is 0 Å². The summed E-state index contributed by atoms with van der Waals surface area (Å²) in [7, 11) is 0. The third-order valence-electron chi connectivity index (χ3n) is 5.28. The van der Waals surface area contributed by atoms with Crippen LogP contribution in [0.25, 0.3) is 11.0 Å².